The zero-order valence-corrected chi connectivity index (χ0v) is 11.0. The molecular weight excluding hydrogens is 299 g/mol. The average Bonchev–Trinajstić information content (AvgIpc) is 2.34. The summed E-state index contributed by atoms with van der Waals surface area (Å²) in [5.41, 5.74) is 0.416. The van der Waals surface area contributed by atoms with Gasteiger partial charge in [0.1, 0.15) is 11.5 Å². The summed E-state index contributed by atoms with van der Waals surface area (Å²) < 4.78 is 13.8. The van der Waals surface area contributed by atoms with E-state index in [1.54, 1.807) is 0 Å². The van der Waals surface area contributed by atoms with Crippen LogP contribution in [0.4, 0.5) is 4.39 Å². The fourth-order valence-corrected chi connectivity index (χ4v) is 2.14. The average molecular weight is 305 g/mol. The van der Waals surface area contributed by atoms with Crippen molar-refractivity contribution in [2.45, 2.75) is 0 Å². The Hall–Kier alpha value is -1.16. The molecule has 0 N–H and O–H groups in total. The number of aldehydes is 1. The number of pyridine rings is 1. The minimum Gasteiger partial charge on any atom is -0.298 e. The number of hydrogen-bond acceptors (Lipinski definition) is 2. The van der Waals surface area contributed by atoms with Gasteiger partial charge in [0.05, 0.1) is 10.0 Å². The van der Waals surface area contributed by atoms with Crippen molar-refractivity contribution in [3.63, 3.8) is 0 Å². The molecule has 0 aliphatic heterocycles. The summed E-state index contributed by atoms with van der Waals surface area (Å²) >= 11 is 17.7. The van der Waals surface area contributed by atoms with Gasteiger partial charge >= 0.3 is 0 Å². The van der Waals surface area contributed by atoms with Crippen LogP contribution < -0.4 is 0 Å². The number of halogens is 4. The number of carbonyl (C=O) groups excluding carboxylic acids is 1. The van der Waals surface area contributed by atoms with E-state index in [-0.39, 0.29) is 26.9 Å². The lowest BCUT2D eigenvalue weighted by atomic mass is 10.1. The number of rotatable bonds is 2. The summed E-state index contributed by atoms with van der Waals surface area (Å²) in [6, 6.07) is 3.98. The second kappa shape index (κ2) is 5.22. The SMILES string of the molecule is O=Cc1cnc(-c2cc(Cl)cc(Cl)c2Cl)c(F)c1. The molecular formula is C12H5Cl3FNO. The molecule has 0 bridgehead atoms. The van der Waals surface area contributed by atoms with Crippen molar-refractivity contribution >= 4 is 41.1 Å². The van der Waals surface area contributed by atoms with Crippen LogP contribution >= 0.6 is 34.8 Å². The van der Waals surface area contributed by atoms with Crippen molar-refractivity contribution in [1.29, 1.82) is 0 Å². The molecule has 2 nitrogen and oxygen atoms in total. The largest absolute Gasteiger partial charge is 0.298 e. The minimum absolute atomic E-state index is 0.00463. The van der Waals surface area contributed by atoms with Gasteiger partial charge in [0, 0.05) is 22.3 Å². The molecule has 1 heterocycles. The molecule has 6 heteroatoms. The zero-order valence-electron chi connectivity index (χ0n) is 8.75. The summed E-state index contributed by atoms with van der Waals surface area (Å²) in [6.07, 6.45) is 1.75. The molecule has 0 aliphatic carbocycles. The van der Waals surface area contributed by atoms with Gasteiger partial charge in [-0.25, -0.2) is 4.39 Å². The van der Waals surface area contributed by atoms with Crippen LogP contribution in [0, 0.1) is 5.82 Å². The quantitative estimate of drug-likeness (QED) is 0.596. The Kier molecular flexibility index (Phi) is 3.85. The molecule has 1 aromatic heterocycles. The predicted octanol–water partition coefficient (Wildman–Crippen LogP) is 4.66. The van der Waals surface area contributed by atoms with Crippen LogP contribution in [0.25, 0.3) is 11.3 Å². The summed E-state index contributed by atoms with van der Waals surface area (Å²) in [4.78, 5) is 14.4. The number of benzene rings is 1. The van der Waals surface area contributed by atoms with Crippen LogP contribution in [-0.2, 0) is 0 Å². The first-order valence-electron chi connectivity index (χ1n) is 4.78. The standard InChI is InChI=1S/C12H5Cl3FNO/c13-7-2-8(11(15)9(14)3-7)12-10(16)1-6(5-18)4-17-12/h1-5H. The molecule has 18 heavy (non-hydrogen) atoms. The Morgan fingerprint density at radius 3 is 2.50 bits per heavy atom. The number of hydrogen-bond donors (Lipinski definition) is 0. The van der Waals surface area contributed by atoms with E-state index in [9.17, 15) is 9.18 Å². The molecule has 0 spiro atoms. The van der Waals surface area contributed by atoms with E-state index in [4.69, 9.17) is 34.8 Å². The first-order valence-corrected chi connectivity index (χ1v) is 5.92. The monoisotopic (exact) mass is 303 g/mol. The molecule has 0 unspecified atom stereocenters. The third-order valence-corrected chi connectivity index (χ3v) is 3.27. The normalized spacial score (nSPS) is 10.4. The zero-order chi connectivity index (χ0) is 13.3. The molecule has 0 saturated heterocycles. The smallest absolute Gasteiger partial charge is 0.151 e. The van der Waals surface area contributed by atoms with Gasteiger partial charge in [0.25, 0.3) is 0 Å². The molecule has 0 saturated carbocycles. The lowest BCUT2D eigenvalue weighted by Crippen LogP contribution is -1.93. The fourth-order valence-electron chi connectivity index (χ4n) is 1.44. The summed E-state index contributed by atoms with van der Waals surface area (Å²) in [5, 5.41) is 0.686. The predicted molar refractivity (Wildman–Crippen MR) is 70.0 cm³/mol. The maximum absolute atomic E-state index is 13.8. The van der Waals surface area contributed by atoms with Gasteiger partial charge < -0.3 is 0 Å². The van der Waals surface area contributed by atoms with E-state index >= 15 is 0 Å². The third-order valence-electron chi connectivity index (χ3n) is 2.25. The highest BCUT2D eigenvalue weighted by Crippen LogP contribution is 2.36. The highest BCUT2D eigenvalue weighted by molar-refractivity contribution is 6.45. The Morgan fingerprint density at radius 1 is 1.17 bits per heavy atom. The minimum atomic E-state index is -0.667. The maximum Gasteiger partial charge on any atom is 0.151 e. The Morgan fingerprint density at radius 2 is 1.89 bits per heavy atom. The Labute approximate surface area is 117 Å². The van der Waals surface area contributed by atoms with E-state index in [1.165, 1.54) is 18.3 Å². The van der Waals surface area contributed by atoms with Crippen molar-refractivity contribution in [2.24, 2.45) is 0 Å². The van der Waals surface area contributed by atoms with Gasteiger partial charge in [-0.05, 0) is 18.2 Å². The van der Waals surface area contributed by atoms with Gasteiger partial charge in [-0.3, -0.25) is 9.78 Å². The Bertz CT molecular complexity index is 631. The fraction of sp³-hybridized carbons (Fsp3) is 0. The van der Waals surface area contributed by atoms with Crippen LogP contribution in [-0.4, -0.2) is 11.3 Å². The van der Waals surface area contributed by atoms with Crippen LogP contribution in [0.1, 0.15) is 10.4 Å². The molecule has 0 radical (unpaired) electrons. The van der Waals surface area contributed by atoms with Crippen LogP contribution in [0.2, 0.25) is 15.1 Å². The lowest BCUT2D eigenvalue weighted by molar-refractivity contribution is 0.112. The van der Waals surface area contributed by atoms with Gasteiger partial charge in [0.15, 0.2) is 6.29 Å². The van der Waals surface area contributed by atoms with Crippen molar-refractivity contribution in [3.05, 3.63) is 50.8 Å². The maximum atomic E-state index is 13.8. The summed E-state index contributed by atoms with van der Waals surface area (Å²) in [6.45, 7) is 0. The lowest BCUT2D eigenvalue weighted by Gasteiger charge is -2.07. The number of aromatic nitrogens is 1. The summed E-state index contributed by atoms with van der Waals surface area (Å²) in [5.74, 6) is -0.667. The first-order chi connectivity index (χ1) is 8.52. The van der Waals surface area contributed by atoms with E-state index in [1.807, 2.05) is 0 Å². The second-order valence-electron chi connectivity index (χ2n) is 3.47. The molecule has 0 aliphatic rings. The first kappa shape index (κ1) is 13.3. The molecule has 0 atom stereocenters. The molecule has 0 fully saturated rings. The number of nitrogens with zero attached hydrogens (tertiary/aromatic N) is 1. The van der Waals surface area contributed by atoms with E-state index < -0.39 is 5.82 Å². The van der Waals surface area contributed by atoms with Crippen molar-refractivity contribution in [2.75, 3.05) is 0 Å². The topological polar surface area (TPSA) is 30.0 Å². The van der Waals surface area contributed by atoms with E-state index in [2.05, 4.69) is 4.98 Å². The van der Waals surface area contributed by atoms with Gasteiger partial charge in [-0.2, -0.15) is 0 Å². The third kappa shape index (κ3) is 2.48. The van der Waals surface area contributed by atoms with Gasteiger partial charge in [-0.15, -0.1) is 0 Å². The van der Waals surface area contributed by atoms with Crippen LogP contribution in [0.3, 0.4) is 0 Å². The van der Waals surface area contributed by atoms with E-state index in [0.717, 1.165) is 6.07 Å². The molecule has 2 rings (SSSR count). The molecule has 2 aromatic rings. The highest BCUT2D eigenvalue weighted by Gasteiger charge is 2.14. The van der Waals surface area contributed by atoms with Gasteiger partial charge in [0.2, 0.25) is 0 Å². The van der Waals surface area contributed by atoms with Crippen LogP contribution in [0.15, 0.2) is 24.4 Å². The molecule has 92 valence electrons. The molecule has 0 amide bonds. The van der Waals surface area contributed by atoms with Crippen molar-refractivity contribution in [3.8, 4) is 11.3 Å². The Balaban J connectivity index is 2.65. The summed E-state index contributed by atoms with van der Waals surface area (Å²) in [7, 11) is 0. The molecule has 1 aromatic carbocycles. The highest BCUT2D eigenvalue weighted by atomic mass is 35.5. The van der Waals surface area contributed by atoms with Crippen molar-refractivity contribution in [1.82, 2.24) is 4.98 Å². The number of carbonyl (C=O) groups is 1. The van der Waals surface area contributed by atoms with Crippen LogP contribution in [0.5, 0.6) is 0 Å². The van der Waals surface area contributed by atoms with Crippen molar-refractivity contribution < 1.29 is 9.18 Å². The van der Waals surface area contributed by atoms with E-state index in [0.29, 0.717) is 11.3 Å². The second-order valence-corrected chi connectivity index (χ2v) is 4.69. The van der Waals surface area contributed by atoms with Gasteiger partial charge in [-0.1, -0.05) is 34.8 Å².